The normalized spacial score (nSPS) is 10.9. The number of phenols is 1. The first kappa shape index (κ1) is 12.1. The van der Waals surface area contributed by atoms with E-state index in [0.717, 1.165) is 10.2 Å². The monoisotopic (exact) mass is 309 g/mol. The molecule has 0 aliphatic heterocycles. The van der Waals surface area contributed by atoms with Crippen molar-refractivity contribution in [1.82, 2.24) is 0 Å². The Morgan fingerprint density at radius 2 is 2.00 bits per heavy atom. The lowest BCUT2D eigenvalue weighted by Gasteiger charge is -1.99. The zero-order valence-corrected chi connectivity index (χ0v) is 11.1. The molecule has 86 valence electrons. The van der Waals surface area contributed by atoms with Crippen molar-refractivity contribution in [3.8, 4) is 5.75 Å². The summed E-state index contributed by atoms with van der Waals surface area (Å²) in [5.74, 6) is 0.193. The van der Waals surface area contributed by atoms with Gasteiger partial charge in [0, 0.05) is 21.3 Å². The van der Waals surface area contributed by atoms with Gasteiger partial charge in [0.2, 0.25) is 0 Å². The maximum Gasteiger partial charge on any atom is 0.124 e. The smallest absolute Gasteiger partial charge is 0.124 e. The molecule has 2 rings (SSSR count). The highest BCUT2D eigenvalue weighted by atomic mass is 79.9. The molecule has 0 bridgehead atoms. The van der Waals surface area contributed by atoms with E-state index in [-0.39, 0.29) is 5.75 Å². The van der Waals surface area contributed by atoms with Crippen LogP contribution in [-0.2, 0) is 0 Å². The van der Waals surface area contributed by atoms with Crippen LogP contribution in [0.1, 0.15) is 5.56 Å². The van der Waals surface area contributed by atoms with Crippen LogP contribution in [0.3, 0.4) is 0 Å². The van der Waals surface area contributed by atoms with Gasteiger partial charge in [-0.3, -0.25) is 4.99 Å². The average molecular weight is 311 g/mol. The molecule has 2 aromatic carbocycles. The molecule has 0 fully saturated rings. The number of rotatable bonds is 2. The van der Waals surface area contributed by atoms with Crippen molar-refractivity contribution >= 4 is 39.4 Å². The van der Waals surface area contributed by atoms with E-state index < -0.39 is 0 Å². The SMILES string of the molecule is Oc1ccc(Br)cc1C=Nc1cccc(Cl)c1. The quantitative estimate of drug-likeness (QED) is 0.810. The minimum Gasteiger partial charge on any atom is -0.507 e. The third-order valence-corrected chi connectivity index (χ3v) is 2.88. The predicted octanol–water partition coefficient (Wildman–Crippen LogP) is 4.56. The summed E-state index contributed by atoms with van der Waals surface area (Å²) >= 11 is 9.19. The molecule has 2 nitrogen and oxygen atoms in total. The van der Waals surface area contributed by atoms with Crippen LogP contribution in [0.5, 0.6) is 5.75 Å². The van der Waals surface area contributed by atoms with E-state index in [4.69, 9.17) is 11.6 Å². The van der Waals surface area contributed by atoms with Crippen molar-refractivity contribution in [3.63, 3.8) is 0 Å². The molecule has 0 heterocycles. The van der Waals surface area contributed by atoms with Crippen LogP contribution in [0.25, 0.3) is 0 Å². The largest absolute Gasteiger partial charge is 0.507 e. The molecule has 2 aromatic rings. The Morgan fingerprint density at radius 1 is 1.18 bits per heavy atom. The Morgan fingerprint density at radius 3 is 2.76 bits per heavy atom. The van der Waals surface area contributed by atoms with E-state index in [9.17, 15) is 5.11 Å². The summed E-state index contributed by atoms with van der Waals surface area (Å²) in [6, 6.07) is 12.4. The van der Waals surface area contributed by atoms with Gasteiger partial charge in [-0.2, -0.15) is 0 Å². The number of nitrogens with zero attached hydrogens (tertiary/aromatic N) is 1. The summed E-state index contributed by atoms with van der Waals surface area (Å²) in [6.45, 7) is 0. The fourth-order valence-electron chi connectivity index (χ4n) is 1.33. The van der Waals surface area contributed by atoms with Crippen LogP contribution in [-0.4, -0.2) is 11.3 Å². The number of hydrogen-bond donors (Lipinski definition) is 1. The summed E-state index contributed by atoms with van der Waals surface area (Å²) in [7, 11) is 0. The Hall–Kier alpha value is -1.32. The van der Waals surface area contributed by atoms with Crippen LogP contribution < -0.4 is 0 Å². The fourth-order valence-corrected chi connectivity index (χ4v) is 1.89. The second kappa shape index (κ2) is 5.34. The number of halogens is 2. The standard InChI is InChI=1S/C13H9BrClNO/c14-10-4-5-13(17)9(6-10)8-16-12-3-1-2-11(15)7-12/h1-8,17H. The molecule has 0 aromatic heterocycles. The zero-order chi connectivity index (χ0) is 12.3. The van der Waals surface area contributed by atoms with Gasteiger partial charge in [-0.05, 0) is 36.4 Å². The van der Waals surface area contributed by atoms with Crippen LogP contribution in [0.4, 0.5) is 5.69 Å². The molecule has 1 N–H and O–H groups in total. The Labute approximate surface area is 113 Å². The van der Waals surface area contributed by atoms with Crippen LogP contribution >= 0.6 is 27.5 Å². The molecule has 0 saturated heterocycles. The van der Waals surface area contributed by atoms with Gasteiger partial charge in [0.25, 0.3) is 0 Å². The molecule has 0 atom stereocenters. The molecule has 0 amide bonds. The highest BCUT2D eigenvalue weighted by Gasteiger charge is 1.98. The third kappa shape index (κ3) is 3.32. The van der Waals surface area contributed by atoms with Crippen molar-refractivity contribution in [1.29, 1.82) is 0 Å². The predicted molar refractivity (Wildman–Crippen MR) is 74.5 cm³/mol. The lowest BCUT2D eigenvalue weighted by atomic mass is 10.2. The van der Waals surface area contributed by atoms with Gasteiger partial charge in [0.1, 0.15) is 5.75 Å². The van der Waals surface area contributed by atoms with Crippen LogP contribution in [0, 0.1) is 0 Å². The maximum absolute atomic E-state index is 9.63. The van der Waals surface area contributed by atoms with Gasteiger partial charge in [0.15, 0.2) is 0 Å². The third-order valence-electron chi connectivity index (χ3n) is 2.15. The van der Waals surface area contributed by atoms with Crippen molar-refractivity contribution < 1.29 is 5.11 Å². The number of aliphatic imine (C=N–C) groups is 1. The molecule has 0 aliphatic carbocycles. The molecule has 0 spiro atoms. The molecular weight excluding hydrogens is 302 g/mol. The first-order valence-corrected chi connectivity index (χ1v) is 6.10. The van der Waals surface area contributed by atoms with Gasteiger partial charge in [-0.15, -0.1) is 0 Å². The van der Waals surface area contributed by atoms with E-state index in [1.807, 2.05) is 12.1 Å². The molecule has 0 radical (unpaired) electrons. The van der Waals surface area contributed by atoms with E-state index >= 15 is 0 Å². The molecule has 0 aliphatic rings. The second-order valence-electron chi connectivity index (χ2n) is 3.44. The van der Waals surface area contributed by atoms with Crippen LogP contribution in [0.2, 0.25) is 5.02 Å². The first-order chi connectivity index (χ1) is 8.15. The Kier molecular flexibility index (Phi) is 3.82. The lowest BCUT2D eigenvalue weighted by Crippen LogP contribution is -1.82. The maximum atomic E-state index is 9.63. The molecule has 0 unspecified atom stereocenters. The van der Waals surface area contributed by atoms with Crippen molar-refractivity contribution in [2.24, 2.45) is 4.99 Å². The van der Waals surface area contributed by atoms with Crippen molar-refractivity contribution in [3.05, 3.63) is 57.5 Å². The summed E-state index contributed by atoms with van der Waals surface area (Å²) in [5.41, 5.74) is 1.40. The topological polar surface area (TPSA) is 32.6 Å². The summed E-state index contributed by atoms with van der Waals surface area (Å²) < 4.78 is 0.892. The van der Waals surface area contributed by atoms with Crippen molar-refractivity contribution in [2.45, 2.75) is 0 Å². The number of aromatic hydroxyl groups is 1. The highest BCUT2D eigenvalue weighted by molar-refractivity contribution is 9.10. The molecular formula is C13H9BrClNO. The van der Waals surface area contributed by atoms with E-state index in [2.05, 4.69) is 20.9 Å². The fraction of sp³-hybridized carbons (Fsp3) is 0. The zero-order valence-electron chi connectivity index (χ0n) is 8.77. The summed E-state index contributed by atoms with van der Waals surface area (Å²) in [6.07, 6.45) is 1.60. The average Bonchev–Trinajstić information content (AvgIpc) is 2.30. The highest BCUT2D eigenvalue weighted by Crippen LogP contribution is 2.22. The molecule has 17 heavy (non-hydrogen) atoms. The minimum atomic E-state index is 0.193. The Balaban J connectivity index is 2.29. The Bertz CT molecular complexity index is 569. The second-order valence-corrected chi connectivity index (χ2v) is 4.79. The van der Waals surface area contributed by atoms with E-state index in [0.29, 0.717) is 10.6 Å². The minimum absolute atomic E-state index is 0.193. The number of hydrogen-bond acceptors (Lipinski definition) is 2. The molecule has 4 heteroatoms. The first-order valence-electron chi connectivity index (χ1n) is 4.93. The number of benzene rings is 2. The van der Waals surface area contributed by atoms with Crippen LogP contribution in [0.15, 0.2) is 51.9 Å². The van der Waals surface area contributed by atoms with E-state index in [1.165, 1.54) is 0 Å². The van der Waals surface area contributed by atoms with Gasteiger partial charge in [0.05, 0.1) is 5.69 Å². The lowest BCUT2D eigenvalue weighted by molar-refractivity contribution is 0.474. The van der Waals surface area contributed by atoms with Gasteiger partial charge >= 0.3 is 0 Å². The number of phenolic OH excluding ortho intramolecular Hbond substituents is 1. The van der Waals surface area contributed by atoms with E-state index in [1.54, 1.807) is 36.5 Å². The van der Waals surface area contributed by atoms with Crippen molar-refractivity contribution in [2.75, 3.05) is 0 Å². The summed E-state index contributed by atoms with van der Waals surface area (Å²) in [4.78, 5) is 4.25. The van der Waals surface area contributed by atoms with Gasteiger partial charge in [-0.25, -0.2) is 0 Å². The van der Waals surface area contributed by atoms with Gasteiger partial charge in [-0.1, -0.05) is 33.6 Å². The van der Waals surface area contributed by atoms with Gasteiger partial charge < -0.3 is 5.11 Å². The summed E-state index contributed by atoms with van der Waals surface area (Å²) in [5, 5.41) is 10.3. The molecule has 0 saturated carbocycles.